The van der Waals surface area contributed by atoms with Crippen molar-refractivity contribution in [2.45, 2.75) is 20.3 Å². The number of carbonyl (C=O) groups excluding carboxylic acids is 1. The van der Waals surface area contributed by atoms with Gasteiger partial charge in [-0.3, -0.25) is 9.59 Å². The molecule has 0 radical (unpaired) electrons. The topological polar surface area (TPSA) is 83.8 Å². The van der Waals surface area contributed by atoms with E-state index in [-0.39, 0.29) is 23.5 Å². The third kappa shape index (κ3) is 4.24. The van der Waals surface area contributed by atoms with Gasteiger partial charge in [0.15, 0.2) is 5.78 Å². The van der Waals surface area contributed by atoms with Crippen LogP contribution in [0.4, 0.5) is 0 Å². The van der Waals surface area contributed by atoms with Crippen molar-refractivity contribution in [1.82, 2.24) is 0 Å². The second kappa shape index (κ2) is 8.06. The molecule has 0 fully saturated rings. The van der Waals surface area contributed by atoms with Gasteiger partial charge in [-0.25, -0.2) is 0 Å². The fraction of sp³-hybridized carbons (Fsp3) is 0.200. The summed E-state index contributed by atoms with van der Waals surface area (Å²) in [5.41, 5.74) is 3.00. The number of allylic oxidation sites excluding steroid dienone is 1. The van der Waals surface area contributed by atoms with Gasteiger partial charge in [-0.05, 0) is 67.0 Å². The smallest absolute Gasteiger partial charge is 0.307 e. The minimum absolute atomic E-state index is 0.102. The van der Waals surface area contributed by atoms with E-state index in [1.54, 1.807) is 19.1 Å². The van der Waals surface area contributed by atoms with Gasteiger partial charge in [0.25, 0.3) is 0 Å². The van der Waals surface area contributed by atoms with Gasteiger partial charge < -0.3 is 14.9 Å². The molecule has 5 nitrogen and oxygen atoms in total. The molecule has 2 N–H and O–H groups in total. The van der Waals surface area contributed by atoms with Crippen LogP contribution >= 0.6 is 11.6 Å². The number of aliphatic carboxylic acids is 1. The average molecular weight is 375 g/mol. The maximum absolute atomic E-state index is 12.3. The number of benzene rings is 2. The first-order chi connectivity index (χ1) is 12.2. The van der Waals surface area contributed by atoms with Crippen LogP contribution in [0.3, 0.4) is 0 Å². The Labute approximate surface area is 156 Å². The van der Waals surface area contributed by atoms with Crippen LogP contribution in [0.5, 0.6) is 11.5 Å². The highest BCUT2D eigenvalue weighted by Gasteiger charge is 2.15. The SMILES string of the molecule is COc1c(C=CC(=O)c2ccc(Cl)cc2O)cc(C)c(CC(=O)O)c1C. The first-order valence-corrected chi connectivity index (χ1v) is 8.22. The number of hydrogen-bond donors (Lipinski definition) is 2. The normalized spacial score (nSPS) is 10.9. The highest BCUT2D eigenvalue weighted by Crippen LogP contribution is 2.31. The third-order valence-electron chi connectivity index (χ3n) is 4.08. The summed E-state index contributed by atoms with van der Waals surface area (Å²) in [6, 6.07) is 6.06. The fourth-order valence-electron chi connectivity index (χ4n) is 2.82. The Morgan fingerprint density at radius 3 is 2.50 bits per heavy atom. The van der Waals surface area contributed by atoms with E-state index < -0.39 is 5.97 Å². The molecule has 0 bridgehead atoms. The second-order valence-corrected chi connectivity index (χ2v) is 6.29. The van der Waals surface area contributed by atoms with Crippen LogP contribution in [-0.2, 0) is 11.2 Å². The van der Waals surface area contributed by atoms with Crippen LogP contribution in [0.2, 0.25) is 5.02 Å². The molecule has 2 aromatic carbocycles. The molecular weight excluding hydrogens is 356 g/mol. The zero-order chi connectivity index (χ0) is 19.4. The minimum atomic E-state index is -0.921. The largest absolute Gasteiger partial charge is 0.507 e. The Hall–Kier alpha value is -2.79. The average Bonchev–Trinajstić information content (AvgIpc) is 2.56. The lowest BCUT2D eigenvalue weighted by atomic mass is 9.95. The first kappa shape index (κ1) is 19.5. The van der Waals surface area contributed by atoms with Gasteiger partial charge in [0.2, 0.25) is 0 Å². The number of ether oxygens (including phenoxy) is 1. The van der Waals surface area contributed by atoms with Crippen LogP contribution in [0.1, 0.15) is 32.6 Å². The Morgan fingerprint density at radius 2 is 1.92 bits per heavy atom. The van der Waals surface area contributed by atoms with Crippen molar-refractivity contribution in [1.29, 1.82) is 0 Å². The molecule has 2 rings (SSSR count). The number of hydrogen-bond acceptors (Lipinski definition) is 4. The summed E-state index contributed by atoms with van der Waals surface area (Å²) >= 11 is 5.77. The fourth-order valence-corrected chi connectivity index (χ4v) is 2.99. The number of phenols is 1. The molecule has 26 heavy (non-hydrogen) atoms. The van der Waals surface area contributed by atoms with E-state index >= 15 is 0 Å². The Morgan fingerprint density at radius 1 is 1.23 bits per heavy atom. The number of aryl methyl sites for hydroxylation is 1. The van der Waals surface area contributed by atoms with E-state index in [0.717, 1.165) is 11.1 Å². The molecule has 0 aliphatic heterocycles. The van der Waals surface area contributed by atoms with E-state index in [2.05, 4.69) is 0 Å². The summed E-state index contributed by atoms with van der Waals surface area (Å²) in [7, 11) is 1.49. The molecule has 136 valence electrons. The maximum Gasteiger partial charge on any atom is 0.307 e. The van der Waals surface area contributed by atoms with Crippen molar-refractivity contribution in [3.63, 3.8) is 0 Å². The van der Waals surface area contributed by atoms with E-state index in [1.165, 1.54) is 31.4 Å². The number of rotatable bonds is 6. The van der Waals surface area contributed by atoms with Crippen molar-refractivity contribution >= 4 is 29.4 Å². The summed E-state index contributed by atoms with van der Waals surface area (Å²) in [5, 5.41) is 19.3. The van der Waals surface area contributed by atoms with Crippen molar-refractivity contribution < 1.29 is 24.5 Å². The van der Waals surface area contributed by atoms with Gasteiger partial charge in [-0.15, -0.1) is 0 Å². The molecule has 2 aromatic rings. The quantitative estimate of drug-likeness (QED) is 0.585. The third-order valence-corrected chi connectivity index (χ3v) is 4.31. The zero-order valence-electron chi connectivity index (χ0n) is 14.7. The molecule has 0 aromatic heterocycles. The number of carbonyl (C=O) groups is 2. The van der Waals surface area contributed by atoms with Gasteiger partial charge >= 0.3 is 5.97 Å². The molecule has 0 heterocycles. The standard InChI is InChI=1S/C20H19ClO5/c1-11-8-13(20(26-3)12(2)16(11)10-19(24)25)4-7-17(22)15-6-5-14(21)9-18(15)23/h4-9,23H,10H2,1-3H3,(H,24,25). The number of methoxy groups -OCH3 is 1. The molecule has 0 amide bonds. The Kier molecular flexibility index (Phi) is 6.05. The van der Waals surface area contributed by atoms with Gasteiger partial charge in [-0.2, -0.15) is 0 Å². The van der Waals surface area contributed by atoms with Gasteiger partial charge in [-0.1, -0.05) is 11.6 Å². The molecule has 0 saturated carbocycles. The molecule has 0 atom stereocenters. The predicted octanol–water partition coefficient (Wildman–Crippen LogP) is 4.19. The van der Waals surface area contributed by atoms with Crippen LogP contribution in [0.15, 0.2) is 30.3 Å². The maximum atomic E-state index is 12.3. The summed E-state index contributed by atoms with van der Waals surface area (Å²) in [5.74, 6) is -0.986. The number of aromatic hydroxyl groups is 1. The van der Waals surface area contributed by atoms with Crippen molar-refractivity contribution in [2.75, 3.05) is 7.11 Å². The summed E-state index contributed by atoms with van der Waals surface area (Å²) in [4.78, 5) is 23.4. The number of carboxylic acid groups (broad SMARTS) is 1. The molecule has 0 aliphatic rings. The van der Waals surface area contributed by atoms with Gasteiger partial charge in [0, 0.05) is 10.6 Å². The Bertz CT molecular complexity index is 900. The highest BCUT2D eigenvalue weighted by atomic mass is 35.5. The summed E-state index contributed by atoms with van der Waals surface area (Å²) < 4.78 is 5.41. The minimum Gasteiger partial charge on any atom is -0.507 e. The first-order valence-electron chi connectivity index (χ1n) is 7.84. The van der Waals surface area contributed by atoms with Crippen LogP contribution in [0, 0.1) is 13.8 Å². The number of ketones is 1. The molecule has 0 aliphatic carbocycles. The molecule has 6 heteroatoms. The van der Waals surface area contributed by atoms with E-state index in [4.69, 9.17) is 21.4 Å². The monoisotopic (exact) mass is 374 g/mol. The Balaban J connectivity index is 2.40. The van der Waals surface area contributed by atoms with Crippen LogP contribution < -0.4 is 4.74 Å². The number of halogens is 1. The van der Waals surface area contributed by atoms with E-state index in [0.29, 0.717) is 21.9 Å². The molecule has 0 saturated heterocycles. The lowest BCUT2D eigenvalue weighted by Crippen LogP contribution is -2.06. The lowest BCUT2D eigenvalue weighted by Gasteiger charge is -2.15. The second-order valence-electron chi connectivity index (χ2n) is 5.85. The summed E-state index contributed by atoms with van der Waals surface area (Å²) in [6.45, 7) is 3.60. The van der Waals surface area contributed by atoms with E-state index in [1.807, 2.05) is 6.92 Å². The predicted molar refractivity (Wildman–Crippen MR) is 100 cm³/mol. The zero-order valence-corrected chi connectivity index (χ0v) is 15.4. The van der Waals surface area contributed by atoms with Crippen molar-refractivity contribution in [2.24, 2.45) is 0 Å². The van der Waals surface area contributed by atoms with Crippen LogP contribution in [-0.4, -0.2) is 29.1 Å². The number of carboxylic acids is 1. The molecule has 0 unspecified atom stereocenters. The van der Waals surface area contributed by atoms with Gasteiger partial charge in [0.1, 0.15) is 11.5 Å². The summed E-state index contributed by atoms with van der Waals surface area (Å²) in [6.07, 6.45) is 2.81. The highest BCUT2D eigenvalue weighted by molar-refractivity contribution is 6.31. The molecule has 0 spiro atoms. The number of phenolic OH excluding ortho intramolecular Hbond substituents is 1. The van der Waals surface area contributed by atoms with Gasteiger partial charge in [0.05, 0.1) is 19.1 Å². The van der Waals surface area contributed by atoms with Crippen LogP contribution in [0.25, 0.3) is 6.08 Å². The molecular formula is C20H19ClO5. The van der Waals surface area contributed by atoms with E-state index in [9.17, 15) is 14.7 Å². The van der Waals surface area contributed by atoms with Crippen molar-refractivity contribution in [3.05, 3.63) is 63.2 Å². The lowest BCUT2D eigenvalue weighted by molar-refractivity contribution is -0.136. The van der Waals surface area contributed by atoms with Crippen molar-refractivity contribution in [3.8, 4) is 11.5 Å².